The van der Waals surface area contributed by atoms with Crippen LogP contribution < -0.4 is 5.32 Å². The molecule has 0 spiro atoms. The number of carbonyl (C=O) groups is 1. The number of nitrogens with one attached hydrogen (secondary N) is 1. The Hall–Kier alpha value is -3.81. The summed E-state index contributed by atoms with van der Waals surface area (Å²) < 4.78 is 22.3. The van der Waals surface area contributed by atoms with E-state index < -0.39 is 5.82 Å². The number of benzene rings is 2. The first kappa shape index (κ1) is 21.1. The highest BCUT2D eigenvalue weighted by Gasteiger charge is 2.19. The average Bonchev–Trinajstić information content (AvgIpc) is 3.30. The number of hydrogen-bond acceptors (Lipinski definition) is 5. The Morgan fingerprint density at radius 2 is 1.94 bits per heavy atom. The van der Waals surface area contributed by atoms with E-state index in [4.69, 9.17) is 4.42 Å². The zero-order valence-corrected chi connectivity index (χ0v) is 18.3. The van der Waals surface area contributed by atoms with Gasteiger partial charge in [0.2, 0.25) is 11.8 Å². The summed E-state index contributed by atoms with van der Waals surface area (Å²) in [5, 5.41) is 11.3. The molecular formula is C25H24FN5O2. The molecule has 0 fully saturated rings. The lowest BCUT2D eigenvalue weighted by Gasteiger charge is -2.10. The fourth-order valence-corrected chi connectivity index (χ4v) is 4.10. The molecule has 0 bridgehead atoms. The van der Waals surface area contributed by atoms with Gasteiger partial charge in [-0.2, -0.15) is 0 Å². The third-order valence-corrected chi connectivity index (χ3v) is 5.85. The highest BCUT2D eigenvalue weighted by molar-refractivity contribution is 5.93. The summed E-state index contributed by atoms with van der Waals surface area (Å²) in [6.45, 7) is 2.60. The standard InChI is InChI=1S/C25H24FN5O2/c1-16-20(28-25(33-16)17-8-4-2-5-9-17)15-23(32)27-21-14-18(11-12-19(21)26)24-30-29-22-10-6-3-7-13-31(22)24/h2,4-5,8-9,11-12,14H,3,6-7,10,13,15H2,1H3,(H,27,32). The maximum absolute atomic E-state index is 14.5. The number of halogens is 1. The summed E-state index contributed by atoms with van der Waals surface area (Å²) in [6.07, 6.45) is 4.17. The minimum Gasteiger partial charge on any atom is -0.441 e. The van der Waals surface area contributed by atoms with E-state index >= 15 is 0 Å². The number of rotatable bonds is 5. The van der Waals surface area contributed by atoms with Crippen molar-refractivity contribution in [2.24, 2.45) is 0 Å². The van der Waals surface area contributed by atoms with Gasteiger partial charge in [-0.05, 0) is 50.1 Å². The molecule has 1 N–H and O–H groups in total. The molecule has 3 heterocycles. The minimum absolute atomic E-state index is 0.0217. The molecule has 0 atom stereocenters. The number of nitrogens with zero attached hydrogens (tertiary/aromatic N) is 4. The summed E-state index contributed by atoms with van der Waals surface area (Å²) >= 11 is 0. The summed E-state index contributed by atoms with van der Waals surface area (Å²) in [5.74, 6) is 1.78. The van der Waals surface area contributed by atoms with E-state index in [0.717, 1.165) is 49.2 Å². The third kappa shape index (κ3) is 4.41. The van der Waals surface area contributed by atoms with Crippen LogP contribution >= 0.6 is 0 Å². The largest absolute Gasteiger partial charge is 0.441 e. The average molecular weight is 445 g/mol. The Bertz CT molecular complexity index is 1300. The van der Waals surface area contributed by atoms with Crippen molar-refractivity contribution in [1.82, 2.24) is 19.7 Å². The van der Waals surface area contributed by atoms with Gasteiger partial charge in [0.1, 0.15) is 17.4 Å². The Labute approximate surface area is 190 Å². The van der Waals surface area contributed by atoms with E-state index in [1.54, 1.807) is 19.1 Å². The minimum atomic E-state index is -0.510. The number of anilines is 1. The molecule has 7 nitrogen and oxygen atoms in total. The van der Waals surface area contributed by atoms with Crippen LogP contribution in [0.15, 0.2) is 52.9 Å². The van der Waals surface area contributed by atoms with Crippen molar-refractivity contribution in [2.45, 2.75) is 45.6 Å². The van der Waals surface area contributed by atoms with Crippen molar-refractivity contribution in [3.8, 4) is 22.8 Å². The molecule has 4 aromatic rings. The van der Waals surface area contributed by atoms with Gasteiger partial charge in [0.25, 0.3) is 0 Å². The van der Waals surface area contributed by atoms with E-state index in [2.05, 4.69) is 25.1 Å². The fourth-order valence-electron chi connectivity index (χ4n) is 4.10. The van der Waals surface area contributed by atoms with Crippen molar-refractivity contribution in [3.63, 3.8) is 0 Å². The summed E-state index contributed by atoms with van der Waals surface area (Å²) in [4.78, 5) is 17.2. The lowest BCUT2D eigenvalue weighted by molar-refractivity contribution is -0.115. The molecular weight excluding hydrogens is 421 g/mol. The zero-order valence-electron chi connectivity index (χ0n) is 18.3. The van der Waals surface area contributed by atoms with Crippen LogP contribution in [0, 0.1) is 12.7 Å². The van der Waals surface area contributed by atoms with E-state index in [-0.39, 0.29) is 18.0 Å². The number of fused-ring (bicyclic) bond motifs is 1. The van der Waals surface area contributed by atoms with Gasteiger partial charge in [0.15, 0.2) is 5.82 Å². The molecule has 168 valence electrons. The first-order valence-corrected chi connectivity index (χ1v) is 11.1. The molecule has 0 aliphatic carbocycles. The van der Waals surface area contributed by atoms with E-state index in [9.17, 15) is 9.18 Å². The molecule has 8 heteroatoms. The molecule has 2 aromatic heterocycles. The monoisotopic (exact) mass is 445 g/mol. The zero-order chi connectivity index (χ0) is 22.8. The maximum atomic E-state index is 14.5. The molecule has 0 unspecified atom stereocenters. The van der Waals surface area contributed by atoms with Crippen molar-refractivity contribution in [1.29, 1.82) is 0 Å². The van der Waals surface area contributed by atoms with E-state index in [1.165, 1.54) is 6.07 Å². The van der Waals surface area contributed by atoms with E-state index in [0.29, 0.717) is 23.2 Å². The summed E-state index contributed by atoms with van der Waals surface area (Å²) in [6, 6.07) is 14.1. The Balaban J connectivity index is 1.35. The second kappa shape index (κ2) is 8.97. The smallest absolute Gasteiger partial charge is 0.230 e. The Morgan fingerprint density at radius 3 is 2.79 bits per heavy atom. The lowest BCUT2D eigenvalue weighted by Crippen LogP contribution is -2.16. The van der Waals surface area contributed by atoms with E-state index in [1.807, 2.05) is 30.3 Å². The molecule has 1 amide bonds. The molecule has 0 saturated heterocycles. The van der Waals surface area contributed by atoms with Gasteiger partial charge in [-0.1, -0.05) is 24.6 Å². The van der Waals surface area contributed by atoms with Crippen molar-refractivity contribution in [2.75, 3.05) is 5.32 Å². The summed E-state index contributed by atoms with van der Waals surface area (Å²) in [7, 11) is 0. The number of aryl methyl sites for hydroxylation is 2. The van der Waals surface area contributed by atoms with Crippen molar-refractivity contribution >= 4 is 11.6 Å². The topological polar surface area (TPSA) is 85.8 Å². The van der Waals surface area contributed by atoms with Gasteiger partial charge in [-0.3, -0.25) is 4.79 Å². The van der Waals surface area contributed by atoms with Gasteiger partial charge in [0.05, 0.1) is 17.8 Å². The van der Waals surface area contributed by atoms with Crippen LogP contribution in [-0.4, -0.2) is 25.7 Å². The SMILES string of the molecule is Cc1oc(-c2ccccc2)nc1CC(=O)Nc1cc(-c2nnc3n2CCCCC3)ccc1F. The maximum Gasteiger partial charge on any atom is 0.230 e. The number of amides is 1. The number of carbonyl (C=O) groups excluding carboxylic acids is 1. The van der Waals surface area contributed by atoms with Crippen LogP contribution in [-0.2, 0) is 24.2 Å². The van der Waals surface area contributed by atoms with Crippen LogP contribution in [0.2, 0.25) is 0 Å². The normalized spacial score (nSPS) is 13.4. The molecule has 1 aliphatic rings. The second-order valence-corrected chi connectivity index (χ2v) is 8.21. The van der Waals surface area contributed by atoms with Crippen LogP contribution in [0.3, 0.4) is 0 Å². The molecule has 0 saturated carbocycles. The van der Waals surface area contributed by atoms with Crippen LogP contribution in [0.25, 0.3) is 22.8 Å². The van der Waals surface area contributed by atoms with Crippen LogP contribution in [0.4, 0.5) is 10.1 Å². The van der Waals surface area contributed by atoms with Gasteiger partial charge in [0, 0.05) is 24.1 Å². The number of oxazole rings is 1. The number of hydrogen-bond donors (Lipinski definition) is 1. The molecule has 5 rings (SSSR count). The molecule has 0 radical (unpaired) electrons. The lowest BCUT2D eigenvalue weighted by atomic mass is 10.1. The predicted octanol–water partition coefficient (Wildman–Crippen LogP) is 4.96. The fraction of sp³-hybridized carbons (Fsp3) is 0.280. The molecule has 33 heavy (non-hydrogen) atoms. The summed E-state index contributed by atoms with van der Waals surface area (Å²) in [5.41, 5.74) is 2.17. The Morgan fingerprint density at radius 1 is 1.09 bits per heavy atom. The van der Waals surface area contributed by atoms with Gasteiger partial charge in [-0.25, -0.2) is 9.37 Å². The van der Waals surface area contributed by atoms with Crippen LogP contribution in [0.1, 0.15) is 36.5 Å². The molecule has 1 aliphatic heterocycles. The number of aromatic nitrogens is 4. The van der Waals surface area contributed by atoms with Crippen molar-refractivity contribution in [3.05, 3.63) is 71.6 Å². The van der Waals surface area contributed by atoms with Gasteiger partial charge >= 0.3 is 0 Å². The van der Waals surface area contributed by atoms with Crippen molar-refractivity contribution < 1.29 is 13.6 Å². The van der Waals surface area contributed by atoms with Gasteiger partial charge in [-0.15, -0.1) is 10.2 Å². The second-order valence-electron chi connectivity index (χ2n) is 8.21. The quantitative estimate of drug-likeness (QED) is 0.470. The highest BCUT2D eigenvalue weighted by atomic mass is 19.1. The predicted molar refractivity (Wildman–Crippen MR) is 122 cm³/mol. The first-order chi connectivity index (χ1) is 16.1. The third-order valence-electron chi connectivity index (χ3n) is 5.85. The van der Waals surface area contributed by atoms with Gasteiger partial charge < -0.3 is 14.3 Å². The Kier molecular flexibility index (Phi) is 5.73. The highest BCUT2D eigenvalue weighted by Crippen LogP contribution is 2.27. The molecule has 2 aromatic carbocycles. The van der Waals surface area contributed by atoms with Crippen LogP contribution in [0.5, 0.6) is 0 Å². The first-order valence-electron chi connectivity index (χ1n) is 11.1.